The van der Waals surface area contributed by atoms with E-state index in [4.69, 9.17) is 0 Å². The third-order valence-corrected chi connectivity index (χ3v) is 6.13. The fourth-order valence-corrected chi connectivity index (χ4v) is 4.37. The summed E-state index contributed by atoms with van der Waals surface area (Å²) in [5, 5.41) is 0. The van der Waals surface area contributed by atoms with E-state index in [0.717, 1.165) is 43.6 Å². The van der Waals surface area contributed by atoms with Gasteiger partial charge in [-0.25, -0.2) is 4.79 Å². The lowest BCUT2D eigenvalue weighted by molar-refractivity contribution is -0.131. The second-order valence-electron chi connectivity index (χ2n) is 8.04. The highest BCUT2D eigenvalue weighted by Crippen LogP contribution is 2.15. The summed E-state index contributed by atoms with van der Waals surface area (Å²) in [4.78, 5) is 30.3. The molecule has 2 heterocycles. The Hall–Kier alpha value is -2.86. The zero-order valence-corrected chi connectivity index (χ0v) is 17.9. The van der Waals surface area contributed by atoms with Gasteiger partial charge in [-0.3, -0.25) is 18.8 Å². The Balaban J connectivity index is 1.45. The Morgan fingerprint density at radius 2 is 1.60 bits per heavy atom. The third kappa shape index (κ3) is 4.05. The standard InChI is InChI=1S/C24H30N4O2/c1-3-27-21-11-6-7-12-22(21)28(24(27)30)18-23(29)26-14-8-13-25(15-16-26)17-20-10-5-4-9-19(20)2/h4-7,9-12H,3,8,13-18H2,1-2H3. The van der Waals surface area contributed by atoms with E-state index in [1.54, 1.807) is 9.13 Å². The van der Waals surface area contributed by atoms with E-state index in [0.29, 0.717) is 13.1 Å². The molecule has 6 nitrogen and oxygen atoms in total. The van der Waals surface area contributed by atoms with Crippen molar-refractivity contribution < 1.29 is 4.79 Å². The monoisotopic (exact) mass is 406 g/mol. The molecule has 158 valence electrons. The Morgan fingerprint density at radius 3 is 2.33 bits per heavy atom. The Labute approximate surface area is 177 Å². The average Bonchev–Trinajstić information content (AvgIpc) is 2.89. The molecular weight excluding hydrogens is 376 g/mol. The molecule has 0 aliphatic carbocycles. The van der Waals surface area contributed by atoms with Crippen LogP contribution in [0.15, 0.2) is 53.3 Å². The first-order valence-corrected chi connectivity index (χ1v) is 10.8. The summed E-state index contributed by atoms with van der Waals surface area (Å²) in [7, 11) is 0. The number of carbonyl (C=O) groups is 1. The number of aromatic nitrogens is 2. The molecule has 0 saturated carbocycles. The lowest BCUT2D eigenvalue weighted by atomic mass is 10.1. The van der Waals surface area contributed by atoms with Crippen molar-refractivity contribution in [3.8, 4) is 0 Å². The molecule has 6 heteroatoms. The molecule has 4 rings (SSSR count). The first-order valence-electron chi connectivity index (χ1n) is 10.8. The SMILES string of the molecule is CCn1c(=O)n(CC(=O)N2CCCN(Cc3ccccc3C)CC2)c2ccccc21. The number of hydrogen-bond donors (Lipinski definition) is 0. The number of para-hydroxylation sites is 2. The molecule has 0 atom stereocenters. The predicted molar refractivity (Wildman–Crippen MR) is 120 cm³/mol. The second kappa shape index (κ2) is 8.88. The molecule has 0 radical (unpaired) electrons. The van der Waals surface area contributed by atoms with Gasteiger partial charge in [0.15, 0.2) is 0 Å². The van der Waals surface area contributed by atoms with Crippen LogP contribution in [0, 0.1) is 6.92 Å². The molecule has 1 amide bonds. The molecule has 1 aliphatic heterocycles. The van der Waals surface area contributed by atoms with Crippen molar-refractivity contribution in [2.45, 2.75) is 39.9 Å². The van der Waals surface area contributed by atoms with E-state index in [1.807, 2.05) is 36.1 Å². The van der Waals surface area contributed by atoms with Crippen LogP contribution in [0.25, 0.3) is 11.0 Å². The normalized spacial score (nSPS) is 15.5. The van der Waals surface area contributed by atoms with Crippen molar-refractivity contribution >= 4 is 16.9 Å². The van der Waals surface area contributed by atoms with Crippen molar-refractivity contribution in [1.29, 1.82) is 0 Å². The van der Waals surface area contributed by atoms with E-state index in [-0.39, 0.29) is 18.1 Å². The molecule has 2 aromatic carbocycles. The van der Waals surface area contributed by atoms with Gasteiger partial charge in [-0.2, -0.15) is 0 Å². The zero-order chi connectivity index (χ0) is 21.1. The summed E-state index contributed by atoms with van der Waals surface area (Å²) >= 11 is 0. The molecule has 0 N–H and O–H groups in total. The van der Waals surface area contributed by atoms with E-state index in [9.17, 15) is 9.59 Å². The molecule has 0 bridgehead atoms. The van der Waals surface area contributed by atoms with Crippen LogP contribution in [0.5, 0.6) is 0 Å². The number of imidazole rings is 1. The maximum Gasteiger partial charge on any atom is 0.329 e. The summed E-state index contributed by atoms with van der Waals surface area (Å²) in [6.07, 6.45) is 0.948. The van der Waals surface area contributed by atoms with E-state index in [2.05, 4.69) is 36.1 Å². The highest BCUT2D eigenvalue weighted by atomic mass is 16.2. The first kappa shape index (κ1) is 20.4. The molecule has 1 saturated heterocycles. The lowest BCUT2D eigenvalue weighted by Crippen LogP contribution is -2.39. The van der Waals surface area contributed by atoms with Gasteiger partial charge in [0, 0.05) is 39.3 Å². The third-order valence-electron chi connectivity index (χ3n) is 6.13. The van der Waals surface area contributed by atoms with Gasteiger partial charge < -0.3 is 4.90 Å². The molecule has 1 aromatic heterocycles. The molecule has 0 spiro atoms. The van der Waals surface area contributed by atoms with Crippen molar-refractivity contribution in [3.63, 3.8) is 0 Å². The van der Waals surface area contributed by atoms with E-state index in [1.165, 1.54) is 11.1 Å². The highest BCUT2D eigenvalue weighted by Gasteiger charge is 2.22. The summed E-state index contributed by atoms with van der Waals surface area (Å²) in [5.74, 6) is 0.0221. The van der Waals surface area contributed by atoms with Crippen molar-refractivity contribution in [3.05, 3.63) is 70.1 Å². The Bertz CT molecular complexity index is 1100. The minimum Gasteiger partial charge on any atom is -0.340 e. The minimum absolute atomic E-state index is 0.0221. The maximum atomic E-state index is 13.1. The van der Waals surface area contributed by atoms with Gasteiger partial charge in [0.05, 0.1) is 11.0 Å². The van der Waals surface area contributed by atoms with Gasteiger partial charge >= 0.3 is 5.69 Å². The fourth-order valence-electron chi connectivity index (χ4n) is 4.37. The first-order chi connectivity index (χ1) is 14.6. The zero-order valence-electron chi connectivity index (χ0n) is 17.9. The average molecular weight is 407 g/mol. The summed E-state index contributed by atoms with van der Waals surface area (Å²) in [5.41, 5.74) is 4.26. The van der Waals surface area contributed by atoms with Gasteiger partial charge in [-0.1, -0.05) is 36.4 Å². The Morgan fingerprint density at radius 1 is 0.900 bits per heavy atom. The number of rotatable bonds is 5. The number of benzene rings is 2. The molecule has 0 unspecified atom stereocenters. The van der Waals surface area contributed by atoms with Gasteiger partial charge in [-0.05, 0) is 43.5 Å². The largest absolute Gasteiger partial charge is 0.340 e. The van der Waals surface area contributed by atoms with Crippen LogP contribution in [0.2, 0.25) is 0 Å². The summed E-state index contributed by atoms with van der Waals surface area (Å²) < 4.78 is 3.35. The second-order valence-corrected chi connectivity index (χ2v) is 8.04. The van der Waals surface area contributed by atoms with E-state index < -0.39 is 0 Å². The van der Waals surface area contributed by atoms with E-state index >= 15 is 0 Å². The minimum atomic E-state index is -0.108. The molecule has 1 aliphatic rings. The van der Waals surface area contributed by atoms with Crippen molar-refractivity contribution in [1.82, 2.24) is 18.9 Å². The topological polar surface area (TPSA) is 50.5 Å². The van der Waals surface area contributed by atoms with Crippen molar-refractivity contribution in [2.24, 2.45) is 0 Å². The number of fused-ring (bicyclic) bond motifs is 1. The predicted octanol–water partition coefficient (Wildman–Crippen LogP) is 2.87. The number of nitrogens with zero attached hydrogens (tertiary/aromatic N) is 4. The summed E-state index contributed by atoms with van der Waals surface area (Å²) in [6.45, 7) is 8.99. The van der Waals surface area contributed by atoms with Gasteiger partial charge in [0.2, 0.25) is 5.91 Å². The van der Waals surface area contributed by atoms with Gasteiger partial charge in [0.25, 0.3) is 0 Å². The number of amides is 1. The smallest absolute Gasteiger partial charge is 0.329 e. The highest BCUT2D eigenvalue weighted by molar-refractivity contribution is 5.81. The number of aryl methyl sites for hydroxylation is 2. The van der Waals surface area contributed by atoms with Crippen LogP contribution >= 0.6 is 0 Å². The van der Waals surface area contributed by atoms with Crippen LogP contribution < -0.4 is 5.69 Å². The lowest BCUT2D eigenvalue weighted by Gasteiger charge is -2.22. The van der Waals surface area contributed by atoms with Crippen LogP contribution in [0.4, 0.5) is 0 Å². The quantitative estimate of drug-likeness (QED) is 0.655. The van der Waals surface area contributed by atoms with Crippen LogP contribution in [-0.2, 0) is 24.4 Å². The Kier molecular flexibility index (Phi) is 6.04. The summed E-state index contributed by atoms with van der Waals surface area (Å²) in [6, 6.07) is 16.2. The van der Waals surface area contributed by atoms with Gasteiger partial charge in [0.1, 0.15) is 6.54 Å². The molecule has 1 fully saturated rings. The van der Waals surface area contributed by atoms with Crippen LogP contribution in [0.1, 0.15) is 24.5 Å². The number of carbonyl (C=O) groups excluding carboxylic acids is 1. The molecular formula is C24H30N4O2. The fraction of sp³-hybridized carbons (Fsp3) is 0.417. The number of hydrogen-bond acceptors (Lipinski definition) is 3. The maximum absolute atomic E-state index is 13.1. The van der Waals surface area contributed by atoms with Crippen LogP contribution in [0.3, 0.4) is 0 Å². The molecule has 3 aromatic rings. The van der Waals surface area contributed by atoms with Crippen molar-refractivity contribution in [2.75, 3.05) is 26.2 Å². The molecule has 30 heavy (non-hydrogen) atoms. The van der Waals surface area contributed by atoms with Crippen LogP contribution in [-0.4, -0.2) is 51.0 Å². The van der Waals surface area contributed by atoms with Gasteiger partial charge in [-0.15, -0.1) is 0 Å².